The monoisotopic (exact) mass is 389 g/mol. The van der Waals surface area contributed by atoms with Gasteiger partial charge in [0.05, 0.1) is 27.4 Å². The SMILES string of the molecule is N#Cc1cccc(C(=O)N2CCCSC2=Nc2ccc(Cl)c(Cl)c2)c1. The Hall–Kier alpha value is -2.00. The van der Waals surface area contributed by atoms with Gasteiger partial charge in [0.25, 0.3) is 5.91 Å². The fourth-order valence-electron chi connectivity index (χ4n) is 2.38. The molecule has 0 unspecified atom stereocenters. The van der Waals surface area contributed by atoms with Gasteiger partial charge < -0.3 is 0 Å². The van der Waals surface area contributed by atoms with Crippen LogP contribution in [0.5, 0.6) is 0 Å². The number of nitriles is 1. The van der Waals surface area contributed by atoms with Gasteiger partial charge in [0, 0.05) is 17.9 Å². The minimum atomic E-state index is -0.164. The smallest absolute Gasteiger partial charge is 0.259 e. The molecule has 1 amide bonds. The molecule has 0 bridgehead atoms. The number of amidine groups is 1. The highest BCUT2D eigenvalue weighted by Crippen LogP contribution is 2.29. The molecule has 0 N–H and O–H groups in total. The second-order valence-corrected chi connectivity index (χ2v) is 7.22. The number of aliphatic imine (C=N–C) groups is 1. The van der Waals surface area contributed by atoms with Crippen LogP contribution in [0.4, 0.5) is 5.69 Å². The summed E-state index contributed by atoms with van der Waals surface area (Å²) in [5, 5.41) is 10.5. The molecule has 0 aliphatic carbocycles. The van der Waals surface area contributed by atoms with Crippen molar-refractivity contribution in [2.75, 3.05) is 12.3 Å². The fourth-order valence-corrected chi connectivity index (χ4v) is 3.63. The first-order valence-electron chi connectivity index (χ1n) is 7.57. The predicted octanol–water partition coefficient (Wildman–Crippen LogP) is 5.13. The molecule has 4 nitrogen and oxygen atoms in total. The molecule has 1 saturated heterocycles. The maximum Gasteiger partial charge on any atom is 0.259 e. The molecule has 7 heteroatoms. The summed E-state index contributed by atoms with van der Waals surface area (Å²) in [5.74, 6) is 0.727. The van der Waals surface area contributed by atoms with Crippen molar-refractivity contribution in [3.63, 3.8) is 0 Å². The molecule has 25 heavy (non-hydrogen) atoms. The van der Waals surface area contributed by atoms with Crippen LogP contribution in [0.15, 0.2) is 47.5 Å². The molecule has 0 aromatic heterocycles. The van der Waals surface area contributed by atoms with Crippen molar-refractivity contribution in [3.8, 4) is 6.07 Å². The van der Waals surface area contributed by atoms with E-state index in [1.54, 1.807) is 47.4 Å². The van der Waals surface area contributed by atoms with Crippen molar-refractivity contribution in [1.82, 2.24) is 4.90 Å². The van der Waals surface area contributed by atoms with Gasteiger partial charge in [-0.2, -0.15) is 5.26 Å². The summed E-state index contributed by atoms with van der Waals surface area (Å²) in [6.45, 7) is 0.586. The molecular formula is C18H13Cl2N3OS. The molecule has 0 saturated carbocycles. The van der Waals surface area contributed by atoms with Gasteiger partial charge in [-0.05, 0) is 42.8 Å². The summed E-state index contributed by atoms with van der Waals surface area (Å²) in [6, 6.07) is 13.8. The lowest BCUT2D eigenvalue weighted by atomic mass is 10.1. The number of benzene rings is 2. The van der Waals surface area contributed by atoms with Crippen LogP contribution in [-0.2, 0) is 0 Å². The molecule has 1 heterocycles. The van der Waals surface area contributed by atoms with Crippen LogP contribution >= 0.6 is 35.0 Å². The van der Waals surface area contributed by atoms with Crippen LogP contribution in [0.3, 0.4) is 0 Å². The van der Waals surface area contributed by atoms with Crippen molar-refractivity contribution in [1.29, 1.82) is 5.26 Å². The molecule has 0 atom stereocenters. The zero-order valence-electron chi connectivity index (χ0n) is 13.1. The standard InChI is InChI=1S/C18H13Cl2N3OS/c19-15-6-5-14(10-16(15)20)22-18-23(7-2-8-25-18)17(24)13-4-1-3-12(9-13)11-21/h1,3-6,9-10H,2,7-8H2. The Morgan fingerprint density at radius 1 is 1.20 bits per heavy atom. The number of carbonyl (C=O) groups is 1. The van der Waals surface area contributed by atoms with Gasteiger partial charge in [0.15, 0.2) is 5.17 Å². The van der Waals surface area contributed by atoms with E-state index in [0.717, 1.165) is 12.2 Å². The topological polar surface area (TPSA) is 56.5 Å². The maximum absolute atomic E-state index is 12.9. The Balaban J connectivity index is 1.92. The summed E-state index contributed by atoms with van der Waals surface area (Å²) < 4.78 is 0. The fraction of sp³-hybridized carbons (Fsp3) is 0.167. The van der Waals surface area contributed by atoms with E-state index in [2.05, 4.69) is 11.1 Å². The molecule has 1 aliphatic rings. The van der Waals surface area contributed by atoms with Crippen molar-refractivity contribution < 1.29 is 4.79 Å². The number of amides is 1. The summed E-state index contributed by atoms with van der Waals surface area (Å²) >= 11 is 13.5. The molecular weight excluding hydrogens is 377 g/mol. The molecule has 3 rings (SSSR count). The van der Waals surface area contributed by atoms with Gasteiger partial charge >= 0.3 is 0 Å². The summed E-state index contributed by atoms with van der Waals surface area (Å²) in [7, 11) is 0. The first-order chi connectivity index (χ1) is 12.1. The average molecular weight is 390 g/mol. The van der Waals surface area contributed by atoms with Crippen molar-refractivity contribution in [2.24, 2.45) is 4.99 Å². The van der Waals surface area contributed by atoms with E-state index in [-0.39, 0.29) is 5.91 Å². The van der Waals surface area contributed by atoms with Gasteiger partial charge in [0.1, 0.15) is 0 Å². The normalized spacial score (nSPS) is 15.9. The van der Waals surface area contributed by atoms with Gasteiger partial charge in [-0.1, -0.05) is 41.0 Å². The zero-order chi connectivity index (χ0) is 17.8. The summed E-state index contributed by atoms with van der Waals surface area (Å²) in [4.78, 5) is 19.1. The number of thioether (sulfide) groups is 1. The number of rotatable bonds is 2. The molecule has 1 fully saturated rings. The van der Waals surface area contributed by atoms with Crippen LogP contribution < -0.4 is 0 Å². The Bertz CT molecular complexity index is 892. The third kappa shape index (κ3) is 4.16. The van der Waals surface area contributed by atoms with Crippen molar-refractivity contribution >= 4 is 51.7 Å². The van der Waals surface area contributed by atoms with Crippen molar-refractivity contribution in [2.45, 2.75) is 6.42 Å². The van der Waals surface area contributed by atoms with Crippen molar-refractivity contribution in [3.05, 3.63) is 63.6 Å². The Kier molecular flexibility index (Phi) is 5.64. The second-order valence-electron chi connectivity index (χ2n) is 5.34. The molecule has 0 radical (unpaired) electrons. The van der Waals surface area contributed by atoms with Gasteiger partial charge in [-0.15, -0.1) is 0 Å². The lowest BCUT2D eigenvalue weighted by Crippen LogP contribution is -2.39. The lowest BCUT2D eigenvalue weighted by Gasteiger charge is -2.27. The largest absolute Gasteiger partial charge is 0.287 e. The maximum atomic E-state index is 12.9. The van der Waals surface area contributed by atoms with E-state index in [1.165, 1.54) is 11.8 Å². The van der Waals surface area contributed by atoms with Crippen LogP contribution in [-0.4, -0.2) is 28.3 Å². The average Bonchev–Trinajstić information content (AvgIpc) is 2.64. The highest BCUT2D eigenvalue weighted by molar-refractivity contribution is 8.13. The van der Waals surface area contributed by atoms with E-state index in [0.29, 0.717) is 38.6 Å². The molecule has 2 aromatic carbocycles. The molecule has 0 spiro atoms. The minimum absolute atomic E-state index is 0.164. The lowest BCUT2D eigenvalue weighted by molar-refractivity contribution is 0.0849. The number of nitrogens with zero attached hydrogens (tertiary/aromatic N) is 3. The van der Waals surface area contributed by atoms with Gasteiger partial charge in [0.2, 0.25) is 0 Å². The Morgan fingerprint density at radius 2 is 2.04 bits per heavy atom. The first kappa shape index (κ1) is 17.8. The van der Waals surface area contributed by atoms with Gasteiger partial charge in [-0.3, -0.25) is 9.69 Å². The van der Waals surface area contributed by atoms with E-state index >= 15 is 0 Å². The van der Waals surface area contributed by atoms with Crippen LogP contribution in [0.1, 0.15) is 22.3 Å². The minimum Gasteiger partial charge on any atom is -0.287 e. The van der Waals surface area contributed by atoms with E-state index in [9.17, 15) is 4.79 Å². The number of hydrogen-bond acceptors (Lipinski definition) is 4. The van der Waals surface area contributed by atoms with E-state index in [4.69, 9.17) is 28.5 Å². The molecule has 1 aliphatic heterocycles. The second kappa shape index (κ2) is 7.92. The number of carbonyl (C=O) groups excluding carboxylic acids is 1. The highest BCUT2D eigenvalue weighted by atomic mass is 35.5. The third-order valence-electron chi connectivity index (χ3n) is 3.60. The third-order valence-corrected chi connectivity index (χ3v) is 5.40. The van der Waals surface area contributed by atoms with Crippen LogP contribution in [0.2, 0.25) is 10.0 Å². The number of halogens is 2. The highest BCUT2D eigenvalue weighted by Gasteiger charge is 2.25. The molecule has 126 valence electrons. The quantitative estimate of drug-likeness (QED) is 0.714. The molecule has 2 aromatic rings. The van der Waals surface area contributed by atoms with Crippen LogP contribution in [0.25, 0.3) is 0 Å². The first-order valence-corrected chi connectivity index (χ1v) is 9.31. The van der Waals surface area contributed by atoms with Gasteiger partial charge in [-0.25, -0.2) is 4.99 Å². The summed E-state index contributed by atoms with van der Waals surface area (Å²) in [5.41, 5.74) is 1.57. The predicted molar refractivity (Wildman–Crippen MR) is 103 cm³/mol. The van der Waals surface area contributed by atoms with E-state index in [1.807, 2.05) is 0 Å². The number of hydrogen-bond donors (Lipinski definition) is 0. The van der Waals surface area contributed by atoms with E-state index < -0.39 is 0 Å². The Labute approximate surface area is 160 Å². The Morgan fingerprint density at radius 3 is 2.80 bits per heavy atom. The zero-order valence-corrected chi connectivity index (χ0v) is 15.4. The summed E-state index contributed by atoms with van der Waals surface area (Å²) in [6.07, 6.45) is 0.884. The van der Waals surface area contributed by atoms with Crippen LogP contribution in [0, 0.1) is 11.3 Å².